The first-order chi connectivity index (χ1) is 18.3. The van der Waals surface area contributed by atoms with Gasteiger partial charge >= 0.3 is 0 Å². The van der Waals surface area contributed by atoms with Crippen molar-refractivity contribution in [1.82, 2.24) is 9.80 Å². The van der Waals surface area contributed by atoms with Crippen LogP contribution in [0.15, 0.2) is 60.0 Å². The van der Waals surface area contributed by atoms with Crippen LogP contribution in [0, 0.1) is 11.7 Å². The first-order valence-electron chi connectivity index (χ1n) is 13.4. The Morgan fingerprint density at radius 1 is 1.08 bits per heavy atom. The van der Waals surface area contributed by atoms with Crippen LogP contribution >= 0.6 is 11.3 Å². The molecule has 0 saturated carbocycles. The van der Waals surface area contributed by atoms with Gasteiger partial charge in [0.2, 0.25) is 5.91 Å². The highest BCUT2D eigenvalue weighted by Crippen LogP contribution is 2.34. The third-order valence-corrected chi connectivity index (χ3v) is 8.30. The quantitative estimate of drug-likeness (QED) is 0.290. The van der Waals surface area contributed by atoms with Crippen LogP contribution in [0.25, 0.3) is 0 Å². The van der Waals surface area contributed by atoms with Crippen LogP contribution in [0.1, 0.15) is 72.4 Å². The third-order valence-electron chi connectivity index (χ3n) is 7.30. The first-order valence-corrected chi connectivity index (χ1v) is 14.3. The topological polar surface area (TPSA) is 49.9 Å². The summed E-state index contributed by atoms with van der Waals surface area (Å²) in [5.41, 5.74) is 2.75. The van der Waals surface area contributed by atoms with Gasteiger partial charge in [-0.3, -0.25) is 9.59 Å². The summed E-state index contributed by atoms with van der Waals surface area (Å²) in [5, 5.41) is 2.07. The summed E-state index contributed by atoms with van der Waals surface area (Å²) in [6.45, 7) is 9.79. The van der Waals surface area contributed by atoms with Crippen molar-refractivity contribution in [2.24, 2.45) is 5.92 Å². The zero-order valence-electron chi connectivity index (χ0n) is 22.7. The van der Waals surface area contributed by atoms with Crippen molar-refractivity contribution in [3.05, 3.63) is 87.4 Å². The minimum absolute atomic E-state index is 0.0282. The molecule has 2 heterocycles. The summed E-state index contributed by atoms with van der Waals surface area (Å²) in [5.74, 6) is 0.681. The van der Waals surface area contributed by atoms with E-state index < -0.39 is 5.82 Å². The highest BCUT2D eigenvalue weighted by molar-refractivity contribution is 7.10. The van der Waals surface area contributed by atoms with Crippen molar-refractivity contribution in [3.8, 4) is 5.75 Å². The molecule has 0 unspecified atom stereocenters. The zero-order chi connectivity index (χ0) is 27.2. The SMILES string of the molecule is CC[C@@H](C)CN(CC(=O)N1CCc2sccc2[C@@H]1COc1ccc(C(C)C)cc1)C(=O)c1ccc(F)cc1. The maximum Gasteiger partial charge on any atom is 0.254 e. The van der Waals surface area contributed by atoms with Gasteiger partial charge < -0.3 is 14.5 Å². The van der Waals surface area contributed by atoms with Gasteiger partial charge in [0.05, 0.1) is 6.04 Å². The van der Waals surface area contributed by atoms with Crippen LogP contribution in [0.5, 0.6) is 5.75 Å². The molecular formula is C31H37FN2O3S. The molecule has 38 heavy (non-hydrogen) atoms. The number of hydrogen-bond donors (Lipinski definition) is 0. The molecule has 1 aliphatic rings. The van der Waals surface area contributed by atoms with Gasteiger partial charge in [-0.2, -0.15) is 0 Å². The third kappa shape index (κ3) is 6.62. The van der Waals surface area contributed by atoms with Gasteiger partial charge in [-0.1, -0.05) is 46.2 Å². The van der Waals surface area contributed by atoms with Crippen LogP contribution in [0.4, 0.5) is 4.39 Å². The predicted molar refractivity (Wildman–Crippen MR) is 150 cm³/mol. The molecule has 7 heteroatoms. The fourth-order valence-corrected chi connectivity index (χ4v) is 5.68. The fourth-order valence-electron chi connectivity index (χ4n) is 4.75. The maximum atomic E-state index is 13.8. The monoisotopic (exact) mass is 536 g/mol. The predicted octanol–water partition coefficient (Wildman–Crippen LogP) is 6.70. The van der Waals surface area contributed by atoms with Crippen molar-refractivity contribution in [2.75, 3.05) is 26.2 Å². The van der Waals surface area contributed by atoms with Crippen LogP contribution in [-0.2, 0) is 11.2 Å². The van der Waals surface area contributed by atoms with E-state index in [1.54, 1.807) is 16.2 Å². The van der Waals surface area contributed by atoms with E-state index in [0.29, 0.717) is 31.2 Å². The van der Waals surface area contributed by atoms with E-state index in [9.17, 15) is 14.0 Å². The molecule has 0 fully saturated rings. The molecule has 0 N–H and O–H groups in total. The Morgan fingerprint density at radius 2 is 1.79 bits per heavy atom. The first kappa shape index (κ1) is 27.8. The molecule has 0 saturated heterocycles. The van der Waals surface area contributed by atoms with Gasteiger partial charge in [-0.15, -0.1) is 11.3 Å². The Morgan fingerprint density at radius 3 is 2.45 bits per heavy atom. The summed E-state index contributed by atoms with van der Waals surface area (Å²) in [7, 11) is 0. The lowest BCUT2D eigenvalue weighted by Gasteiger charge is -2.37. The van der Waals surface area contributed by atoms with E-state index in [0.717, 1.165) is 24.2 Å². The van der Waals surface area contributed by atoms with Crippen molar-refractivity contribution in [3.63, 3.8) is 0 Å². The molecule has 1 aliphatic heterocycles. The zero-order valence-corrected chi connectivity index (χ0v) is 23.5. The molecule has 2 atom stereocenters. The minimum atomic E-state index is -0.396. The van der Waals surface area contributed by atoms with E-state index in [2.05, 4.69) is 51.3 Å². The molecule has 2 aromatic carbocycles. The average Bonchev–Trinajstić information content (AvgIpc) is 3.40. The lowest BCUT2D eigenvalue weighted by atomic mass is 10.00. The Hall–Kier alpha value is -3.19. The normalized spacial score (nSPS) is 15.7. The second kappa shape index (κ2) is 12.6. The Balaban J connectivity index is 1.52. The van der Waals surface area contributed by atoms with Crippen molar-refractivity contribution < 1.29 is 18.7 Å². The molecule has 5 nitrogen and oxygen atoms in total. The summed E-state index contributed by atoms with van der Waals surface area (Å²) in [6, 6.07) is 15.5. The van der Waals surface area contributed by atoms with Crippen molar-refractivity contribution in [2.45, 2.75) is 52.5 Å². The highest BCUT2D eigenvalue weighted by Gasteiger charge is 2.34. The van der Waals surface area contributed by atoms with E-state index in [1.807, 2.05) is 17.0 Å². The number of halogens is 1. The molecule has 4 rings (SSSR count). The van der Waals surface area contributed by atoms with Gasteiger partial charge in [0.15, 0.2) is 0 Å². The van der Waals surface area contributed by atoms with E-state index in [1.165, 1.54) is 34.7 Å². The molecule has 3 aromatic rings. The molecule has 2 amide bonds. The standard InChI is InChI=1S/C31H37FN2O3S/c1-5-22(4)18-33(31(36)24-6-10-25(32)11-7-24)19-30(35)34-16-14-29-27(15-17-38-29)28(34)20-37-26-12-8-23(9-13-26)21(2)3/h6-13,15,17,21-22,28H,5,14,16,18-20H2,1-4H3/t22-,28+/m1/s1. The van der Waals surface area contributed by atoms with E-state index in [4.69, 9.17) is 4.74 Å². The van der Waals surface area contributed by atoms with Crippen LogP contribution < -0.4 is 4.74 Å². The van der Waals surface area contributed by atoms with Gasteiger partial charge in [0.1, 0.15) is 24.7 Å². The lowest BCUT2D eigenvalue weighted by molar-refractivity contribution is -0.135. The van der Waals surface area contributed by atoms with Crippen molar-refractivity contribution >= 4 is 23.2 Å². The van der Waals surface area contributed by atoms with Gasteiger partial charge in [-0.25, -0.2) is 4.39 Å². The summed E-state index contributed by atoms with van der Waals surface area (Å²) in [4.78, 5) is 31.9. The number of rotatable bonds is 10. The van der Waals surface area contributed by atoms with E-state index >= 15 is 0 Å². The molecular weight excluding hydrogens is 499 g/mol. The number of ether oxygens (including phenoxy) is 1. The lowest BCUT2D eigenvalue weighted by Crippen LogP contribution is -2.48. The largest absolute Gasteiger partial charge is 0.491 e. The smallest absolute Gasteiger partial charge is 0.254 e. The minimum Gasteiger partial charge on any atom is -0.491 e. The number of nitrogens with zero attached hydrogens (tertiary/aromatic N) is 2. The number of hydrogen-bond acceptors (Lipinski definition) is 4. The van der Waals surface area contributed by atoms with Gasteiger partial charge in [-0.05, 0) is 77.2 Å². The van der Waals surface area contributed by atoms with Crippen LogP contribution in [0.2, 0.25) is 0 Å². The second-order valence-electron chi connectivity index (χ2n) is 10.4. The summed E-state index contributed by atoms with van der Waals surface area (Å²) in [6.07, 6.45) is 1.67. The maximum absolute atomic E-state index is 13.8. The Bertz CT molecular complexity index is 1220. The number of benzene rings is 2. The van der Waals surface area contributed by atoms with Crippen LogP contribution in [-0.4, -0.2) is 47.9 Å². The average molecular weight is 537 g/mol. The fraction of sp³-hybridized carbons (Fsp3) is 0.419. The van der Waals surface area contributed by atoms with Crippen molar-refractivity contribution in [1.29, 1.82) is 0 Å². The molecule has 0 aliphatic carbocycles. The molecule has 0 bridgehead atoms. The van der Waals surface area contributed by atoms with Crippen LogP contribution in [0.3, 0.4) is 0 Å². The number of fused-ring (bicyclic) bond motifs is 1. The molecule has 202 valence electrons. The van der Waals surface area contributed by atoms with Gasteiger partial charge in [0, 0.05) is 23.5 Å². The Kier molecular flexibility index (Phi) is 9.21. The van der Waals surface area contributed by atoms with E-state index in [-0.39, 0.29) is 30.3 Å². The molecule has 0 spiro atoms. The number of carbonyl (C=O) groups excluding carboxylic acids is 2. The summed E-state index contributed by atoms with van der Waals surface area (Å²) >= 11 is 1.71. The van der Waals surface area contributed by atoms with Gasteiger partial charge in [0.25, 0.3) is 5.91 Å². The highest BCUT2D eigenvalue weighted by atomic mass is 32.1. The summed E-state index contributed by atoms with van der Waals surface area (Å²) < 4.78 is 19.7. The number of carbonyl (C=O) groups is 2. The second-order valence-corrected chi connectivity index (χ2v) is 11.4. The molecule has 0 radical (unpaired) electrons. The number of thiophene rings is 1. The Labute approximate surface area is 229 Å². The number of amides is 2. The molecule has 1 aromatic heterocycles.